The summed E-state index contributed by atoms with van der Waals surface area (Å²) in [5.41, 5.74) is 2.66. The second-order valence-corrected chi connectivity index (χ2v) is 9.13. The molecule has 0 saturated carbocycles. The first kappa shape index (κ1) is 24.5. The second-order valence-electron chi connectivity index (χ2n) is 7.23. The van der Waals surface area contributed by atoms with E-state index in [1.54, 1.807) is 24.3 Å². The smallest absolute Gasteiger partial charge is 0.232 e. The van der Waals surface area contributed by atoms with Gasteiger partial charge in [0.2, 0.25) is 15.9 Å². The highest BCUT2D eigenvalue weighted by atomic mass is 32.2. The number of amides is 1. The van der Waals surface area contributed by atoms with Crippen molar-refractivity contribution < 1.29 is 17.9 Å². The molecule has 2 aromatic rings. The molecule has 0 aliphatic carbocycles. The summed E-state index contributed by atoms with van der Waals surface area (Å²) in [6, 6.07) is 15.1. The van der Waals surface area contributed by atoms with Crippen molar-refractivity contribution in [2.75, 3.05) is 42.2 Å². The molecule has 0 saturated heterocycles. The van der Waals surface area contributed by atoms with Gasteiger partial charge in [-0.3, -0.25) is 9.10 Å². The third-order valence-corrected chi connectivity index (χ3v) is 6.25. The second kappa shape index (κ2) is 11.6. The van der Waals surface area contributed by atoms with Crippen molar-refractivity contribution in [2.45, 2.75) is 33.2 Å². The summed E-state index contributed by atoms with van der Waals surface area (Å²) in [4.78, 5) is 14.5. The number of carbonyl (C=O) groups is 1. The largest absolute Gasteiger partial charge is 0.495 e. The molecule has 0 atom stereocenters. The normalized spacial score (nSPS) is 11.1. The van der Waals surface area contributed by atoms with E-state index >= 15 is 0 Å². The summed E-state index contributed by atoms with van der Waals surface area (Å²) in [6.07, 6.45) is 1.79. The van der Waals surface area contributed by atoms with Gasteiger partial charge in [0, 0.05) is 38.3 Å². The number of nitrogens with one attached hydrogen (secondary N) is 1. The molecule has 1 amide bonds. The summed E-state index contributed by atoms with van der Waals surface area (Å²) >= 11 is 0. The van der Waals surface area contributed by atoms with Crippen LogP contribution in [0.5, 0.6) is 5.75 Å². The molecule has 0 aliphatic rings. The van der Waals surface area contributed by atoms with Crippen LogP contribution in [0.3, 0.4) is 0 Å². The van der Waals surface area contributed by atoms with Crippen molar-refractivity contribution in [3.05, 3.63) is 54.1 Å². The number of methoxy groups -OCH3 is 1. The maximum absolute atomic E-state index is 12.3. The third kappa shape index (κ3) is 7.17. The van der Waals surface area contributed by atoms with E-state index in [2.05, 4.69) is 36.2 Å². The Hall–Kier alpha value is -2.74. The van der Waals surface area contributed by atoms with E-state index in [0.717, 1.165) is 30.6 Å². The van der Waals surface area contributed by atoms with Gasteiger partial charge in [0.05, 0.1) is 19.1 Å². The van der Waals surface area contributed by atoms with Crippen LogP contribution in [-0.2, 0) is 21.4 Å². The quantitative estimate of drug-likeness (QED) is 0.539. The summed E-state index contributed by atoms with van der Waals surface area (Å²) in [6.45, 7) is 6.79. The molecule has 1 N–H and O–H groups in total. The van der Waals surface area contributed by atoms with Gasteiger partial charge in [0.15, 0.2) is 0 Å². The highest BCUT2D eigenvalue weighted by molar-refractivity contribution is 7.92. The topological polar surface area (TPSA) is 79.0 Å². The number of hydrogen-bond acceptors (Lipinski definition) is 5. The molecule has 0 unspecified atom stereocenters. The summed E-state index contributed by atoms with van der Waals surface area (Å²) in [5, 5.41) is 2.91. The first-order valence-corrected chi connectivity index (χ1v) is 12.4. The van der Waals surface area contributed by atoms with E-state index in [4.69, 9.17) is 4.74 Å². The van der Waals surface area contributed by atoms with Crippen molar-refractivity contribution >= 4 is 27.3 Å². The Morgan fingerprint density at radius 1 is 1.03 bits per heavy atom. The molecular formula is C23H33N3O4S. The van der Waals surface area contributed by atoms with Crippen LogP contribution in [0.2, 0.25) is 0 Å². The van der Waals surface area contributed by atoms with Gasteiger partial charge in [-0.1, -0.05) is 24.3 Å². The number of para-hydroxylation sites is 2. The van der Waals surface area contributed by atoms with Crippen LogP contribution in [0.1, 0.15) is 32.3 Å². The van der Waals surface area contributed by atoms with Gasteiger partial charge < -0.3 is 15.0 Å². The van der Waals surface area contributed by atoms with E-state index in [-0.39, 0.29) is 18.9 Å². The van der Waals surface area contributed by atoms with E-state index in [1.165, 1.54) is 11.4 Å². The van der Waals surface area contributed by atoms with Crippen molar-refractivity contribution in [3.63, 3.8) is 0 Å². The van der Waals surface area contributed by atoms with Crippen molar-refractivity contribution in [1.29, 1.82) is 0 Å². The maximum Gasteiger partial charge on any atom is 0.232 e. The standard InChI is InChI=1S/C23H33N3O4S/c1-5-25(6-2)20-15-13-19(14-16-20)18-24-23(27)12-9-17-26(31(4,28)29)21-10-7-8-11-22(21)30-3/h7-8,10-11,13-16H,5-6,9,12,17-18H2,1-4H3,(H,24,27). The summed E-state index contributed by atoms with van der Waals surface area (Å²) in [5.74, 6) is 0.367. The number of benzene rings is 2. The van der Waals surface area contributed by atoms with E-state index < -0.39 is 10.0 Å². The Morgan fingerprint density at radius 2 is 1.68 bits per heavy atom. The molecule has 7 nitrogen and oxygen atoms in total. The monoisotopic (exact) mass is 447 g/mol. The molecular weight excluding hydrogens is 414 g/mol. The number of carbonyl (C=O) groups excluding carboxylic acids is 1. The molecule has 2 aromatic carbocycles. The Labute approximate surface area is 186 Å². The lowest BCUT2D eigenvalue weighted by molar-refractivity contribution is -0.121. The predicted octanol–water partition coefficient (Wildman–Crippen LogP) is 3.40. The van der Waals surface area contributed by atoms with Crippen LogP contribution in [0, 0.1) is 0 Å². The fourth-order valence-electron chi connectivity index (χ4n) is 3.39. The molecule has 0 aromatic heterocycles. The molecule has 0 radical (unpaired) electrons. The van der Waals surface area contributed by atoms with Gasteiger partial charge in [0.25, 0.3) is 0 Å². The van der Waals surface area contributed by atoms with Crippen LogP contribution >= 0.6 is 0 Å². The Bertz CT molecular complexity index is 942. The van der Waals surface area contributed by atoms with Gasteiger partial charge in [-0.15, -0.1) is 0 Å². The minimum Gasteiger partial charge on any atom is -0.495 e. The van der Waals surface area contributed by atoms with Crippen LogP contribution < -0.4 is 19.3 Å². The zero-order valence-corrected chi connectivity index (χ0v) is 19.6. The number of nitrogens with zero attached hydrogens (tertiary/aromatic N) is 2. The van der Waals surface area contributed by atoms with Crippen LogP contribution in [-0.4, -0.2) is 47.3 Å². The number of hydrogen-bond donors (Lipinski definition) is 1. The molecule has 0 heterocycles. The molecule has 0 fully saturated rings. The molecule has 0 spiro atoms. The minimum atomic E-state index is -3.50. The summed E-state index contributed by atoms with van der Waals surface area (Å²) < 4.78 is 31.1. The molecule has 31 heavy (non-hydrogen) atoms. The lowest BCUT2D eigenvalue weighted by Crippen LogP contribution is -2.32. The fourth-order valence-corrected chi connectivity index (χ4v) is 4.36. The first-order chi connectivity index (χ1) is 14.8. The van der Waals surface area contributed by atoms with Crippen molar-refractivity contribution in [2.24, 2.45) is 0 Å². The van der Waals surface area contributed by atoms with E-state index in [1.807, 2.05) is 12.1 Å². The number of anilines is 2. The van der Waals surface area contributed by atoms with Crippen LogP contribution in [0.25, 0.3) is 0 Å². The number of ether oxygens (including phenoxy) is 1. The molecule has 0 aliphatic heterocycles. The van der Waals surface area contributed by atoms with Gasteiger partial charge in [-0.05, 0) is 50.1 Å². The zero-order valence-electron chi connectivity index (χ0n) is 18.8. The predicted molar refractivity (Wildman–Crippen MR) is 126 cm³/mol. The zero-order chi connectivity index (χ0) is 22.9. The van der Waals surface area contributed by atoms with Crippen molar-refractivity contribution in [3.8, 4) is 5.75 Å². The molecule has 8 heteroatoms. The van der Waals surface area contributed by atoms with E-state index in [9.17, 15) is 13.2 Å². The highest BCUT2D eigenvalue weighted by Gasteiger charge is 2.20. The van der Waals surface area contributed by atoms with Crippen LogP contribution in [0.4, 0.5) is 11.4 Å². The van der Waals surface area contributed by atoms with Gasteiger partial charge in [-0.2, -0.15) is 0 Å². The van der Waals surface area contributed by atoms with Crippen molar-refractivity contribution in [1.82, 2.24) is 5.32 Å². The van der Waals surface area contributed by atoms with Crippen LogP contribution in [0.15, 0.2) is 48.5 Å². The number of sulfonamides is 1. The molecule has 2 rings (SSSR count). The summed E-state index contributed by atoms with van der Waals surface area (Å²) in [7, 11) is -2.00. The van der Waals surface area contributed by atoms with Gasteiger partial charge in [0.1, 0.15) is 5.75 Å². The lowest BCUT2D eigenvalue weighted by Gasteiger charge is -2.24. The van der Waals surface area contributed by atoms with Gasteiger partial charge >= 0.3 is 0 Å². The fraction of sp³-hybridized carbons (Fsp3) is 0.435. The third-order valence-electron chi connectivity index (χ3n) is 5.07. The molecule has 0 bridgehead atoms. The Kier molecular flexibility index (Phi) is 9.18. The number of rotatable bonds is 12. The molecule has 170 valence electrons. The Balaban J connectivity index is 1.88. The Morgan fingerprint density at radius 3 is 2.26 bits per heavy atom. The highest BCUT2D eigenvalue weighted by Crippen LogP contribution is 2.29. The van der Waals surface area contributed by atoms with Gasteiger partial charge in [-0.25, -0.2) is 8.42 Å². The van der Waals surface area contributed by atoms with E-state index in [0.29, 0.717) is 24.4 Å². The average Bonchev–Trinajstić information content (AvgIpc) is 2.76. The minimum absolute atomic E-state index is 0.110. The lowest BCUT2D eigenvalue weighted by atomic mass is 10.2. The SMILES string of the molecule is CCN(CC)c1ccc(CNC(=O)CCCN(c2ccccc2OC)S(C)(=O)=O)cc1. The average molecular weight is 448 g/mol. The first-order valence-electron chi connectivity index (χ1n) is 10.5. The maximum atomic E-state index is 12.3.